The Kier molecular flexibility index (Phi) is 10.4. The molecule has 31 heavy (non-hydrogen) atoms. The average molecular weight is 429 g/mol. The summed E-state index contributed by atoms with van der Waals surface area (Å²) >= 11 is 0. The molecule has 1 aliphatic rings. The molecule has 0 saturated heterocycles. The lowest BCUT2D eigenvalue weighted by Gasteiger charge is -2.32. The van der Waals surface area contributed by atoms with Crippen molar-refractivity contribution >= 4 is 17.7 Å². The number of carbonyl (C=O) groups excluding carboxylic acids is 1. The van der Waals surface area contributed by atoms with Crippen LogP contribution in [0.15, 0.2) is 58.7 Å². The quantitative estimate of drug-likeness (QED) is 0.238. The molecule has 1 rings (SSSR count). The second kappa shape index (κ2) is 12.2. The topological polar surface area (TPSA) is 91.7 Å². The van der Waals surface area contributed by atoms with Crippen molar-refractivity contribution in [3.05, 3.63) is 58.7 Å². The van der Waals surface area contributed by atoms with Crippen molar-refractivity contribution in [2.24, 2.45) is 11.3 Å². The smallest absolute Gasteiger partial charge is 0.314 e. The summed E-state index contributed by atoms with van der Waals surface area (Å²) in [5.74, 6) is -3.94. The van der Waals surface area contributed by atoms with Crippen LogP contribution in [0.3, 0.4) is 0 Å². The van der Waals surface area contributed by atoms with E-state index in [4.69, 9.17) is 5.11 Å². The van der Waals surface area contributed by atoms with E-state index in [1.165, 1.54) is 30.1 Å². The normalized spacial score (nSPS) is 18.6. The number of aliphatic carboxylic acids is 2. The van der Waals surface area contributed by atoms with Crippen molar-refractivity contribution in [2.45, 2.75) is 73.1 Å². The molecule has 0 saturated carbocycles. The van der Waals surface area contributed by atoms with E-state index < -0.39 is 23.6 Å². The average Bonchev–Trinajstić information content (AvgIpc) is 2.63. The van der Waals surface area contributed by atoms with Gasteiger partial charge in [0.25, 0.3) is 0 Å². The van der Waals surface area contributed by atoms with Gasteiger partial charge in [-0.05, 0) is 75.5 Å². The van der Waals surface area contributed by atoms with Gasteiger partial charge in [0, 0.05) is 6.42 Å². The van der Waals surface area contributed by atoms with Crippen LogP contribution in [0.5, 0.6) is 0 Å². The highest BCUT2D eigenvalue weighted by Crippen LogP contribution is 2.40. The molecule has 0 radical (unpaired) electrons. The van der Waals surface area contributed by atoms with Crippen LogP contribution >= 0.6 is 0 Å². The third-order valence-corrected chi connectivity index (χ3v) is 5.67. The lowest BCUT2D eigenvalue weighted by molar-refractivity contribution is -0.146. The number of hydrogen-bond acceptors (Lipinski definition) is 3. The lowest BCUT2D eigenvalue weighted by Crippen LogP contribution is -2.22. The molecule has 0 amide bonds. The van der Waals surface area contributed by atoms with Gasteiger partial charge in [-0.3, -0.25) is 14.4 Å². The van der Waals surface area contributed by atoms with Gasteiger partial charge in [-0.15, -0.1) is 0 Å². The molecule has 0 aromatic heterocycles. The Hall–Kier alpha value is -2.69. The summed E-state index contributed by atoms with van der Waals surface area (Å²) in [6.45, 7) is 10.5. The zero-order chi connectivity index (χ0) is 23.6. The zero-order valence-electron chi connectivity index (χ0n) is 19.4. The van der Waals surface area contributed by atoms with E-state index in [-0.39, 0.29) is 24.7 Å². The van der Waals surface area contributed by atoms with Gasteiger partial charge in [0.05, 0.1) is 0 Å². The number of ketones is 1. The molecule has 0 fully saturated rings. The van der Waals surface area contributed by atoms with Crippen molar-refractivity contribution < 1.29 is 24.6 Å². The summed E-state index contributed by atoms with van der Waals surface area (Å²) in [6.07, 6.45) is 14.8. The van der Waals surface area contributed by atoms with E-state index in [9.17, 15) is 19.5 Å². The minimum absolute atomic E-state index is 0.0172. The molecule has 5 nitrogen and oxygen atoms in total. The first-order chi connectivity index (χ1) is 14.4. The number of hydrogen-bond donors (Lipinski definition) is 2. The van der Waals surface area contributed by atoms with Gasteiger partial charge in [0.15, 0.2) is 5.78 Å². The van der Waals surface area contributed by atoms with Crippen molar-refractivity contribution in [3.63, 3.8) is 0 Å². The Bertz CT molecular complexity index is 834. The van der Waals surface area contributed by atoms with Crippen LogP contribution in [-0.4, -0.2) is 27.9 Å². The van der Waals surface area contributed by atoms with Gasteiger partial charge < -0.3 is 10.2 Å². The Morgan fingerprint density at radius 2 is 1.77 bits per heavy atom. The van der Waals surface area contributed by atoms with E-state index >= 15 is 0 Å². The fourth-order valence-corrected chi connectivity index (χ4v) is 3.85. The molecule has 0 aromatic carbocycles. The highest BCUT2D eigenvalue weighted by atomic mass is 16.4. The van der Waals surface area contributed by atoms with E-state index in [1.54, 1.807) is 13.0 Å². The monoisotopic (exact) mass is 428 g/mol. The predicted molar refractivity (Wildman–Crippen MR) is 124 cm³/mol. The number of carboxylic acids is 2. The highest BCUT2D eigenvalue weighted by Gasteiger charge is 2.26. The largest absolute Gasteiger partial charge is 0.481 e. The molecule has 0 spiro atoms. The predicted octanol–water partition coefficient (Wildman–Crippen LogP) is 6.04. The second-order valence-electron chi connectivity index (χ2n) is 9.00. The molecule has 2 N–H and O–H groups in total. The molecule has 0 aromatic rings. The fourth-order valence-electron chi connectivity index (χ4n) is 3.85. The Morgan fingerprint density at radius 3 is 2.35 bits per heavy atom. The molecular formula is C26H36O5. The molecule has 1 aliphatic carbocycles. The van der Waals surface area contributed by atoms with E-state index in [0.29, 0.717) is 5.57 Å². The maximum atomic E-state index is 12.3. The maximum absolute atomic E-state index is 12.3. The summed E-state index contributed by atoms with van der Waals surface area (Å²) in [4.78, 5) is 34.2. The second-order valence-corrected chi connectivity index (χ2v) is 9.00. The SMILES string of the molecule is CC1=C(/C=C/C(C)=C/C=C/C(C)=C/C(=O)C(CCCC(=O)O)C(=O)O)C(C)(C)CCC1. The van der Waals surface area contributed by atoms with Crippen molar-refractivity contribution in [3.8, 4) is 0 Å². The Morgan fingerprint density at radius 1 is 1.10 bits per heavy atom. The summed E-state index contributed by atoms with van der Waals surface area (Å²) < 4.78 is 0. The first-order valence-corrected chi connectivity index (χ1v) is 10.8. The molecule has 0 heterocycles. The molecule has 0 aliphatic heterocycles. The molecule has 5 heteroatoms. The van der Waals surface area contributed by atoms with E-state index in [0.717, 1.165) is 12.0 Å². The fraction of sp³-hybridized carbons (Fsp3) is 0.500. The van der Waals surface area contributed by atoms with Gasteiger partial charge >= 0.3 is 11.9 Å². The first-order valence-electron chi connectivity index (χ1n) is 10.8. The van der Waals surface area contributed by atoms with Crippen molar-refractivity contribution in [1.82, 2.24) is 0 Å². The molecule has 170 valence electrons. The Labute approximate surface area is 185 Å². The van der Waals surface area contributed by atoms with Crippen molar-refractivity contribution in [2.75, 3.05) is 0 Å². The summed E-state index contributed by atoms with van der Waals surface area (Å²) in [5.41, 5.74) is 4.77. The van der Waals surface area contributed by atoms with Gasteiger partial charge in [0.2, 0.25) is 0 Å². The molecule has 1 unspecified atom stereocenters. The maximum Gasteiger partial charge on any atom is 0.314 e. The third kappa shape index (κ3) is 9.33. The number of allylic oxidation sites excluding steroid dienone is 10. The summed E-state index contributed by atoms with van der Waals surface area (Å²) in [5, 5.41) is 17.9. The number of rotatable bonds is 11. The lowest BCUT2D eigenvalue weighted by atomic mass is 9.72. The van der Waals surface area contributed by atoms with E-state index in [1.807, 2.05) is 19.1 Å². The van der Waals surface area contributed by atoms with Gasteiger partial charge in [0.1, 0.15) is 5.92 Å². The summed E-state index contributed by atoms with van der Waals surface area (Å²) in [6, 6.07) is 0. The van der Waals surface area contributed by atoms with Crippen LogP contribution in [0.1, 0.15) is 73.1 Å². The van der Waals surface area contributed by atoms with Crippen LogP contribution in [0.25, 0.3) is 0 Å². The third-order valence-electron chi connectivity index (χ3n) is 5.67. The standard InChI is InChI=1S/C26H36O5/c1-18(14-15-22-20(3)11-8-16-26(22,4)5)9-6-10-19(2)17-23(27)21(25(30)31)12-7-13-24(28)29/h6,9-10,14-15,17,21H,7-8,11-13,16H2,1-5H3,(H,28,29)(H,30,31)/b10-6+,15-14+,18-9+,19-17+. The van der Waals surface area contributed by atoms with Gasteiger partial charge in [-0.1, -0.05) is 55.4 Å². The first kappa shape index (κ1) is 26.3. The van der Waals surface area contributed by atoms with Crippen LogP contribution in [0.4, 0.5) is 0 Å². The van der Waals surface area contributed by atoms with Crippen LogP contribution in [0, 0.1) is 11.3 Å². The minimum Gasteiger partial charge on any atom is -0.481 e. The summed E-state index contributed by atoms with van der Waals surface area (Å²) in [7, 11) is 0. The van der Waals surface area contributed by atoms with Crippen molar-refractivity contribution in [1.29, 1.82) is 0 Å². The molecule has 0 bridgehead atoms. The Balaban J connectivity index is 2.77. The number of carboxylic acid groups (broad SMARTS) is 2. The molecular weight excluding hydrogens is 392 g/mol. The van der Waals surface area contributed by atoms with E-state index in [2.05, 4.69) is 32.9 Å². The van der Waals surface area contributed by atoms with Gasteiger partial charge in [-0.2, -0.15) is 0 Å². The molecule has 1 atom stereocenters. The zero-order valence-corrected chi connectivity index (χ0v) is 19.4. The highest BCUT2D eigenvalue weighted by molar-refractivity contribution is 6.04. The minimum atomic E-state index is -1.22. The van der Waals surface area contributed by atoms with Gasteiger partial charge in [-0.25, -0.2) is 0 Å². The van der Waals surface area contributed by atoms with Crippen LogP contribution < -0.4 is 0 Å². The number of carbonyl (C=O) groups is 3. The van der Waals surface area contributed by atoms with Crippen LogP contribution in [0.2, 0.25) is 0 Å². The van der Waals surface area contributed by atoms with Crippen LogP contribution in [-0.2, 0) is 14.4 Å².